The van der Waals surface area contributed by atoms with Crippen molar-refractivity contribution in [2.45, 2.75) is 40.0 Å². The number of anilines is 1. The Morgan fingerprint density at radius 2 is 2.00 bits per heavy atom. The highest BCUT2D eigenvalue weighted by Crippen LogP contribution is 2.16. The molecule has 0 aliphatic heterocycles. The van der Waals surface area contributed by atoms with Gasteiger partial charge in [0.2, 0.25) is 5.91 Å². The number of nitrogens with zero attached hydrogens (tertiary/aromatic N) is 2. The van der Waals surface area contributed by atoms with Gasteiger partial charge in [-0.1, -0.05) is 20.8 Å². The Kier molecular flexibility index (Phi) is 6.71. The summed E-state index contributed by atoms with van der Waals surface area (Å²) in [4.78, 5) is 25.8. The van der Waals surface area contributed by atoms with Crippen LogP contribution in [0.2, 0.25) is 0 Å². The lowest BCUT2D eigenvalue weighted by Crippen LogP contribution is -2.41. The van der Waals surface area contributed by atoms with Crippen molar-refractivity contribution in [3.05, 3.63) is 11.4 Å². The Balaban J connectivity index is 2.81. The van der Waals surface area contributed by atoms with E-state index in [9.17, 15) is 9.59 Å². The van der Waals surface area contributed by atoms with Crippen LogP contribution in [0.1, 0.15) is 49.8 Å². The lowest BCUT2D eigenvalue weighted by Gasteiger charge is -2.20. The third-order valence-electron chi connectivity index (χ3n) is 3.13. The number of nitrogens with one attached hydrogen (secondary N) is 2. The fourth-order valence-electron chi connectivity index (χ4n) is 1.99. The maximum Gasteiger partial charge on any atom is 0.276 e. The third-order valence-corrected chi connectivity index (χ3v) is 3.13. The van der Waals surface area contributed by atoms with Crippen LogP contribution in [-0.2, 0) is 11.2 Å². The number of carbonyl (C=O) groups is 2. The van der Waals surface area contributed by atoms with Crippen LogP contribution in [0.4, 0.5) is 5.69 Å². The highest BCUT2D eigenvalue weighted by Gasteiger charge is 2.23. The van der Waals surface area contributed by atoms with Crippen molar-refractivity contribution >= 4 is 17.5 Å². The van der Waals surface area contributed by atoms with E-state index in [2.05, 4.69) is 15.5 Å². The van der Waals surface area contributed by atoms with E-state index in [0.717, 1.165) is 18.5 Å². The summed E-state index contributed by atoms with van der Waals surface area (Å²) in [5.74, 6) is -0.472. The molecule has 0 fully saturated rings. The van der Waals surface area contributed by atoms with Crippen LogP contribution in [0.3, 0.4) is 0 Å². The van der Waals surface area contributed by atoms with E-state index < -0.39 is 0 Å². The first-order valence-corrected chi connectivity index (χ1v) is 7.43. The summed E-state index contributed by atoms with van der Waals surface area (Å²) in [6.07, 6.45) is 2.30. The Morgan fingerprint density at radius 1 is 1.29 bits per heavy atom. The van der Waals surface area contributed by atoms with Gasteiger partial charge in [-0.15, -0.1) is 0 Å². The molecule has 1 aromatic heterocycles. The van der Waals surface area contributed by atoms with Crippen molar-refractivity contribution in [2.24, 2.45) is 0 Å². The molecule has 7 nitrogen and oxygen atoms in total. The smallest absolute Gasteiger partial charge is 0.276 e. The van der Waals surface area contributed by atoms with Gasteiger partial charge in [0, 0.05) is 13.1 Å². The number of nitrogens with two attached hydrogens (primary N) is 1. The minimum absolute atomic E-state index is 0.0282. The molecule has 0 aliphatic carbocycles. The van der Waals surface area contributed by atoms with Crippen LogP contribution in [0.15, 0.2) is 0 Å². The fraction of sp³-hybridized carbons (Fsp3) is 0.643. The van der Waals surface area contributed by atoms with Gasteiger partial charge in [0.25, 0.3) is 5.91 Å². The summed E-state index contributed by atoms with van der Waals surface area (Å²) >= 11 is 0. The second kappa shape index (κ2) is 8.28. The number of nitrogen functional groups attached to an aromatic ring is 1. The average molecular weight is 295 g/mol. The van der Waals surface area contributed by atoms with Crippen LogP contribution < -0.4 is 11.1 Å². The molecular weight excluding hydrogens is 270 g/mol. The molecule has 118 valence electrons. The van der Waals surface area contributed by atoms with Crippen molar-refractivity contribution in [3.63, 3.8) is 0 Å². The largest absolute Gasteiger partial charge is 0.395 e. The highest BCUT2D eigenvalue weighted by atomic mass is 16.2. The van der Waals surface area contributed by atoms with Crippen molar-refractivity contribution < 1.29 is 9.59 Å². The number of hydrogen-bond acceptors (Lipinski definition) is 4. The van der Waals surface area contributed by atoms with Crippen molar-refractivity contribution in [1.82, 2.24) is 20.4 Å². The topological polar surface area (TPSA) is 104 Å². The maximum atomic E-state index is 12.5. The summed E-state index contributed by atoms with van der Waals surface area (Å²) in [6, 6.07) is 0. The van der Waals surface area contributed by atoms with E-state index in [1.54, 1.807) is 0 Å². The second-order valence-electron chi connectivity index (χ2n) is 4.89. The Bertz CT molecular complexity index is 484. The number of aromatic nitrogens is 2. The SMILES string of the molecule is CCCNC(=O)CN(CCC)C(=O)c1n[nH]c(CC)c1N. The molecule has 0 radical (unpaired) electrons. The second-order valence-corrected chi connectivity index (χ2v) is 4.89. The minimum atomic E-state index is -0.308. The lowest BCUT2D eigenvalue weighted by molar-refractivity contribution is -0.121. The highest BCUT2D eigenvalue weighted by molar-refractivity contribution is 5.99. The first-order chi connectivity index (χ1) is 10.0. The van der Waals surface area contributed by atoms with E-state index in [-0.39, 0.29) is 24.1 Å². The van der Waals surface area contributed by atoms with Crippen molar-refractivity contribution in [2.75, 3.05) is 25.4 Å². The number of hydrogen-bond donors (Lipinski definition) is 3. The third kappa shape index (κ3) is 4.47. The summed E-state index contributed by atoms with van der Waals surface area (Å²) in [6.45, 7) is 6.99. The van der Waals surface area contributed by atoms with Crippen LogP contribution in [0, 0.1) is 0 Å². The molecule has 0 aliphatic rings. The Labute approximate surface area is 125 Å². The molecule has 4 N–H and O–H groups in total. The quantitative estimate of drug-likeness (QED) is 0.663. The average Bonchev–Trinajstić information content (AvgIpc) is 2.84. The molecule has 0 spiro atoms. The standard InChI is InChI=1S/C14H25N5O2/c1-4-7-16-11(20)9-19(8-5-2)14(21)13-12(15)10(6-3)17-18-13/h4-9,15H2,1-3H3,(H,16,20)(H,17,18). The Hall–Kier alpha value is -2.05. The number of aryl methyl sites for hydroxylation is 1. The first kappa shape index (κ1) is 17.0. The molecule has 0 unspecified atom stereocenters. The van der Waals surface area contributed by atoms with Gasteiger partial charge < -0.3 is 16.0 Å². The first-order valence-electron chi connectivity index (χ1n) is 7.43. The zero-order chi connectivity index (χ0) is 15.8. The summed E-state index contributed by atoms with van der Waals surface area (Å²) in [5, 5.41) is 9.52. The molecule has 0 saturated heterocycles. The zero-order valence-corrected chi connectivity index (χ0v) is 13.0. The van der Waals surface area contributed by atoms with E-state index in [1.807, 2.05) is 20.8 Å². The van der Waals surface area contributed by atoms with Gasteiger partial charge >= 0.3 is 0 Å². The van der Waals surface area contributed by atoms with Crippen molar-refractivity contribution in [1.29, 1.82) is 0 Å². The van der Waals surface area contributed by atoms with Gasteiger partial charge in [-0.25, -0.2) is 0 Å². The molecule has 0 saturated carbocycles. The van der Waals surface area contributed by atoms with Gasteiger partial charge in [0.15, 0.2) is 5.69 Å². The molecule has 7 heteroatoms. The molecule has 1 rings (SSSR count). The molecule has 1 heterocycles. The summed E-state index contributed by atoms with van der Waals surface area (Å²) in [5.41, 5.74) is 7.23. The molecule has 0 atom stereocenters. The van der Waals surface area contributed by atoms with Crippen LogP contribution in [0.5, 0.6) is 0 Å². The molecule has 0 aromatic carbocycles. The van der Waals surface area contributed by atoms with E-state index >= 15 is 0 Å². The van der Waals surface area contributed by atoms with Crippen LogP contribution in [-0.4, -0.2) is 46.5 Å². The van der Waals surface area contributed by atoms with E-state index in [4.69, 9.17) is 5.73 Å². The van der Waals surface area contributed by atoms with Crippen LogP contribution in [0.25, 0.3) is 0 Å². The van der Waals surface area contributed by atoms with Gasteiger partial charge in [-0.2, -0.15) is 5.10 Å². The summed E-state index contributed by atoms with van der Waals surface area (Å²) in [7, 11) is 0. The predicted octanol–water partition coefficient (Wildman–Crippen LogP) is 0.933. The van der Waals surface area contributed by atoms with E-state index in [1.165, 1.54) is 4.90 Å². The molecule has 0 bridgehead atoms. The number of amides is 2. The predicted molar refractivity (Wildman–Crippen MR) is 81.9 cm³/mol. The van der Waals surface area contributed by atoms with Gasteiger partial charge in [0.1, 0.15) is 0 Å². The minimum Gasteiger partial charge on any atom is -0.395 e. The number of rotatable bonds is 8. The molecule has 21 heavy (non-hydrogen) atoms. The van der Waals surface area contributed by atoms with Crippen LogP contribution >= 0.6 is 0 Å². The number of aromatic amines is 1. The maximum absolute atomic E-state index is 12.5. The Morgan fingerprint density at radius 3 is 2.52 bits per heavy atom. The molecule has 1 aromatic rings. The van der Waals surface area contributed by atoms with E-state index in [0.29, 0.717) is 25.2 Å². The monoisotopic (exact) mass is 295 g/mol. The zero-order valence-electron chi connectivity index (χ0n) is 13.0. The van der Waals surface area contributed by atoms with Gasteiger partial charge in [-0.3, -0.25) is 14.7 Å². The number of carbonyl (C=O) groups excluding carboxylic acids is 2. The number of H-pyrrole nitrogens is 1. The summed E-state index contributed by atoms with van der Waals surface area (Å²) < 4.78 is 0. The van der Waals surface area contributed by atoms with Gasteiger partial charge in [-0.05, 0) is 19.3 Å². The lowest BCUT2D eigenvalue weighted by atomic mass is 10.2. The van der Waals surface area contributed by atoms with Gasteiger partial charge in [0.05, 0.1) is 17.9 Å². The molecule has 2 amide bonds. The molecular formula is C14H25N5O2. The fourth-order valence-corrected chi connectivity index (χ4v) is 1.99. The van der Waals surface area contributed by atoms with Crippen molar-refractivity contribution in [3.8, 4) is 0 Å². The normalized spacial score (nSPS) is 10.4.